The van der Waals surface area contributed by atoms with Crippen LogP contribution in [-0.2, 0) is 4.79 Å². The number of amides is 1. The molecular formula is C28H21NO5. The number of fused-ring (bicyclic) bond motifs is 2. The van der Waals surface area contributed by atoms with Crippen molar-refractivity contribution in [3.8, 4) is 17.2 Å². The molecule has 0 fully saturated rings. The molecule has 1 amide bonds. The highest BCUT2D eigenvalue weighted by Gasteiger charge is 2.12. The fraction of sp³-hybridized carbons (Fsp3) is 0.0714. The van der Waals surface area contributed by atoms with E-state index in [1.165, 1.54) is 6.26 Å². The van der Waals surface area contributed by atoms with Gasteiger partial charge in [0.1, 0.15) is 23.3 Å². The fourth-order valence-corrected chi connectivity index (χ4v) is 3.65. The molecule has 168 valence electrons. The Hall–Kier alpha value is -4.58. The van der Waals surface area contributed by atoms with Crippen molar-refractivity contribution in [3.05, 3.63) is 107 Å². The molecule has 0 bridgehead atoms. The molecule has 1 heterocycles. The molecule has 6 nitrogen and oxygen atoms in total. The van der Waals surface area contributed by atoms with E-state index in [-0.39, 0.29) is 23.7 Å². The quantitative estimate of drug-likeness (QED) is 0.339. The van der Waals surface area contributed by atoms with Crippen LogP contribution in [0, 0.1) is 6.92 Å². The smallest absolute Gasteiger partial charge is 0.262 e. The van der Waals surface area contributed by atoms with E-state index in [1.807, 2.05) is 61.5 Å². The van der Waals surface area contributed by atoms with Crippen LogP contribution in [0.4, 0.5) is 5.69 Å². The number of anilines is 1. The van der Waals surface area contributed by atoms with Gasteiger partial charge in [-0.15, -0.1) is 0 Å². The molecule has 0 aliphatic rings. The van der Waals surface area contributed by atoms with E-state index in [2.05, 4.69) is 5.32 Å². The summed E-state index contributed by atoms with van der Waals surface area (Å²) in [5, 5.41) is 5.23. The number of carbonyl (C=O) groups excluding carboxylic acids is 1. The predicted molar refractivity (Wildman–Crippen MR) is 132 cm³/mol. The number of benzene rings is 4. The highest BCUT2D eigenvalue weighted by Crippen LogP contribution is 2.25. The van der Waals surface area contributed by atoms with Crippen LogP contribution >= 0.6 is 0 Å². The first kappa shape index (κ1) is 21.3. The average molecular weight is 451 g/mol. The number of carbonyl (C=O) groups is 1. The lowest BCUT2D eigenvalue weighted by molar-refractivity contribution is -0.118. The fourth-order valence-electron chi connectivity index (χ4n) is 3.65. The normalized spacial score (nSPS) is 10.9. The molecule has 5 aromatic rings. The van der Waals surface area contributed by atoms with Gasteiger partial charge < -0.3 is 19.2 Å². The summed E-state index contributed by atoms with van der Waals surface area (Å²) < 4.78 is 16.9. The van der Waals surface area contributed by atoms with Gasteiger partial charge >= 0.3 is 0 Å². The van der Waals surface area contributed by atoms with Crippen molar-refractivity contribution < 1.29 is 18.7 Å². The molecule has 0 saturated heterocycles. The van der Waals surface area contributed by atoms with E-state index in [0.29, 0.717) is 22.5 Å². The summed E-state index contributed by atoms with van der Waals surface area (Å²) in [6, 6.07) is 25.7. The number of nitrogens with one attached hydrogen (secondary N) is 1. The average Bonchev–Trinajstić information content (AvgIpc) is 2.86. The zero-order valence-electron chi connectivity index (χ0n) is 18.4. The molecule has 0 spiro atoms. The van der Waals surface area contributed by atoms with Crippen LogP contribution in [0.3, 0.4) is 0 Å². The molecule has 0 atom stereocenters. The zero-order chi connectivity index (χ0) is 23.5. The monoisotopic (exact) mass is 451 g/mol. The van der Waals surface area contributed by atoms with E-state index >= 15 is 0 Å². The lowest BCUT2D eigenvalue weighted by atomic mass is 10.1. The van der Waals surface area contributed by atoms with Gasteiger partial charge in [-0.1, -0.05) is 54.1 Å². The molecule has 0 unspecified atom stereocenters. The van der Waals surface area contributed by atoms with E-state index < -0.39 is 0 Å². The minimum absolute atomic E-state index is 0.0967. The Bertz CT molecular complexity index is 1550. The summed E-state index contributed by atoms with van der Waals surface area (Å²) in [7, 11) is 0. The first-order valence-corrected chi connectivity index (χ1v) is 10.8. The largest absolute Gasteiger partial charge is 0.484 e. The van der Waals surface area contributed by atoms with E-state index in [1.54, 1.807) is 30.3 Å². The molecule has 0 aliphatic carbocycles. The summed E-state index contributed by atoms with van der Waals surface area (Å²) in [5.74, 6) is 0.768. The van der Waals surface area contributed by atoms with Crippen molar-refractivity contribution in [1.82, 2.24) is 0 Å². The van der Waals surface area contributed by atoms with Gasteiger partial charge in [-0.3, -0.25) is 9.59 Å². The Labute approximate surface area is 195 Å². The van der Waals surface area contributed by atoms with Gasteiger partial charge in [-0.2, -0.15) is 0 Å². The molecule has 1 N–H and O–H groups in total. The number of aryl methyl sites for hydroxylation is 1. The highest BCUT2D eigenvalue weighted by atomic mass is 16.5. The summed E-state index contributed by atoms with van der Waals surface area (Å²) in [6.45, 7) is 1.79. The summed E-state index contributed by atoms with van der Waals surface area (Å²) in [6.07, 6.45) is 1.28. The van der Waals surface area contributed by atoms with Gasteiger partial charge in [-0.25, -0.2) is 0 Å². The second-order valence-corrected chi connectivity index (χ2v) is 7.87. The maximum atomic E-state index is 12.8. The first-order valence-electron chi connectivity index (χ1n) is 10.8. The van der Waals surface area contributed by atoms with Crippen LogP contribution in [0.5, 0.6) is 17.2 Å². The van der Waals surface area contributed by atoms with Crippen LogP contribution in [0.2, 0.25) is 0 Å². The zero-order valence-corrected chi connectivity index (χ0v) is 18.4. The van der Waals surface area contributed by atoms with Crippen molar-refractivity contribution in [1.29, 1.82) is 0 Å². The minimum Gasteiger partial charge on any atom is -0.484 e. The van der Waals surface area contributed by atoms with Gasteiger partial charge in [0.25, 0.3) is 5.91 Å². The van der Waals surface area contributed by atoms with Crippen LogP contribution in [0.25, 0.3) is 21.7 Å². The Balaban J connectivity index is 1.28. The summed E-state index contributed by atoms with van der Waals surface area (Å²) in [4.78, 5) is 25.3. The van der Waals surface area contributed by atoms with Gasteiger partial charge in [0.05, 0.1) is 5.39 Å². The van der Waals surface area contributed by atoms with Crippen molar-refractivity contribution in [2.24, 2.45) is 0 Å². The minimum atomic E-state index is -0.292. The second kappa shape index (κ2) is 9.11. The number of ether oxygens (including phenoxy) is 2. The number of rotatable bonds is 6. The predicted octanol–water partition coefficient (Wildman–Crippen LogP) is 6.06. The highest BCUT2D eigenvalue weighted by molar-refractivity contribution is 6.02. The van der Waals surface area contributed by atoms with Crippen molar-refractivity contribution in [2.45, 2.75) is 6.92 Å². The summed E-state index contributed by atoms with van der Waals surface area (Å²) >= 11 is 0. The maximum absolute atomic E-state index is 12.8. The number of hydrogen-bond donors (Lipinski definition) is 1. The third-order valence-electron chi connectivity index (χ3n) is 5.40. The van der Waals surface area contributed by atoms with Gasteiger partial charge in [-0.05, 0) is 42.6 Å². The van der Waals surface area contributed by atoms with E-state index in [4.69, 9.17) is 13.9 Å². The van der Waals surface area contributed by atoms with Gasteiger partial charge in [0.2, 0.25) is 11.2 Å². The Kier molecular flexibility index (Phi) is 5.70. The SMILES string of the molecule is Cc1ccc(Oc2coc3cc(OCC(=O)Nc4cccc5ccccc45)ccc3c2=O)cc1. The van der Waals surface area contributed by atoms with Crippen LogP contribution in [-0.4, -0.2) is 12.5 Å². The standard InChI is InChI=1S/C28H21NO5/c1-18-9-11-20(12-10-18)34-26-16-33-25-15-21(13-14-23(25)28(26)31)32-17-27(30)29-24-8-4-6-19-5-2-3-7-22(19)24/h2-16H,17H2,1H3,(H,29,30). The van der Waals surface area contributed by atoms with Crippen LogP contribution in [0.15, 0.2) is 100 Å². The van der Waals surface area contributed by atoms with E-state index in [9.17, 15) is 9.59 Å². The molecule has 0 radical (unpaired) electrons. The number of hydrogen-bond acceptors (Lipinski definition) is 5. The topological polar surface area (TPSA) is 77.8 Å². The first-order chi connectivity index (χ1) is 16.6. The maximum Gasteiger partial charge on any atom is 0.262 e. The molecule has 0 saturated carbocycles. The molecule has 34 heavy (non-hydrogen) atoms. The Morgan fingerprint density at radius 2 is 1.65 bits per heavy atom. The van der Waals surface area contributed by atoms with E-state index in [0.717, 1.165) is 22.0 Å². The molecule has 1 aromatic heterocycles. The Morgan fingerprint density at radius 1 is 0.882 bits per heavy atom. The van der Waals surface area contributed by atoms with Gasteiger partial charge in [0, 0.05) is 17.1 Å². The van der Waals surface area contributed by atoms with Gasteiger partial charge in [0.15, 0.2) is 6.61 Å². The molecule has 0 aliphatic heterocycles. The van der Waals surface area contributed by atoms with Crippen LogP contribution in [0.1, 0.15) is 5.56 Å². The van der Waals surface area contributed by atoms with Crippen molar-refractivity contribution in [3.63, 3.8) is 0 Å². The lowest BCUT2D eigenvalue weighted by Crippen LogP contribution is -2.20. The Morgan fingerprint density at radius 3 is 2.50 bits per heavy atom. The molecule has 5 rings (SSSR count). The molecular weight excluding hydrogens is 430 g/mol. The van der Waals surface area contributed by atoms with Crippen LogP contribution < -0.4 is 20.2 Å². The third-order valence-corrected chi connectivity index (χ3v) is 5.40. The second-order valence-electron chi connectivity index (χ2n) is 7.87. The van der Waals surface area contributed by atoms with Crippen molar-refractivity contribution >= 4 is 33.3 Å². The molecule has 4 aromatic carbocycles. The third kappa shape index (κ3) is 4.47. The summed E-state index contributed by atoms with van der Waals surface area (Å²) in [5.41, 5.74) is 1.86. The van der Waals surface area contributed by atoms with Crippen molar-refractivity contribution in [2.75, 3.05) is 11.9 Å². The molecule has 6 heteroatoms. The lowest BCUT2D eigenvalue weighted by Gasteiger charge is -2.10.